The number of aryl methyl sites for hydroxylation is 1. The Labute approximate surface area is 151 Å². The average molecular weight is 345 g/mol. The molecule has 1 amide bonds. The smallest absolute Gasteiger partial charge is 0.251 e. The van der Waals surface area contributed by atoms with Gasteiger partial charge in [-0.1, -0.05) is 29.8 Å². The Morgan fingerprint density at radius 3 is 2.76 bits per heavy atom. The summed E-state index contributed by atoms with van der Waals surface area (Å²) in [7, 11) is 0. The summed E-state index contributed by atoms with van der Waals surface area (Å²) in [6.45, 7) is 6.18. The Hall–Kier alpha value is -1.39. The summed E-state index contributed by atoms with van der Waals surface area (Å²) in [5.74, 6) is 0.130. The topological polar surface area (TPSA) is 38.8 Å². The van der Waals surface area contributed by atoms with Crippen LogP contribution in [-0.2, 0) is 20.7 Å². The van der Waals surface area contributed by atoms with Crippen LogP contribution in [0.1, 0.15) is 50.2 Å². The highest BCUT2D eigenvalue weighted by Gasteiger charge is 2.32. The lowest BCUT2D eigenvalue weighted by atomic mass is 10.0. The van der Waals surface area contributed by atoms with E-state index in [0.29, 0.717) is 12.6 Å². The fourth-order valence-electron chi connectivity index (χ4n) is 3.83. The van der Waals surface area contributed by atoms with Crippen molar-refractivity contribution in [1.29, 1.82) is 0 Å². The first kappa shape index (κ1) is 18.4. The van der Waals surface area contributed by atoms with Crippen LogP contribution in [0.25, 0.3) is 0 Å². The van der Waals surface area contributed by atoms with Gasteiger partial charge in [-0.2, -0.15) is 0 Å². The first-order chi connectivity index (χ1) is 12.1. The molecule has 0 spiro atoms. The predicted octanol–water partition coefficient (Wildman–Crippen LogP) is 3.50. The Bertz CT molecular complexity index is 551. The third kappa shape index (κ3) is 5.05. The Kier molecular flexibility index (Phi) is 6.49. The zero-order valence-corrected chi connectivity index (χ0v) is 15.6. The van der Waals surface area contributed by atoms with Crippen LogP contribution >= 0.6 is 0 Å². The average Bonchev–Trinajstić information content (AvgIpc) is 3.10. The number of carbonyl (C=O) groups is 1. The van der Waals surface area contributed by atoms with Crippen LogP contribution in [0.2, 0.25) is 0 Å². The van der Waals surface area contributed by atoms with Crippen molar-refractivity contribution in [2.75, 3.05) is 19.8 Å². The summed E-state index contributed by atoms with van der Waals surface area (Å²) in [5, 5.41) is 0. The van der Waals surface area contributed by atoms with E-state index in [9.17, 15) is 4.79 Å². The number of carbonyl (C=O) groups excluding carboxylic acids is 1. The minimum atomic E-state index is -0.385. The van der Waals surface area contributed by atoms with Gasteiger partial charge in [0.25, 0.3) is 5.91 Å². The van der Waals surface area contributed by atoms with Gasteiger partial charge in [0.1, 0.15) is 6.10 Å². The van der Waals surface area contributed by atoms with Gasteiger partial charge >= 0.3 is 0 Å². The number of nitrogens with zero attached hydrogens (tertiary/aromatic N) is 1. The molecular formula is C21H31NO3. The zero-order chi connectivity index (χ0) is 17.6. The highest BCUT2D eigenvalue weighted by atomic mass is 16.5. The molecule has 1 aromatic carbocycles. The summed E-state index contributed by atoms with van der Waals surface area (Å²) in [6.07, 6.45) is 6.25. The Balaban J connectivity index is 1.51. The monoisotopic (exact) mass is 345 g/mol. The molecule has 3 rings (SSSR count). The maximum atomic E-state index is 12.8. The molecule has 0 saturated carbocycles. The summed E-state index contributed by atoms with van der Waals surface area (Å²) >= 11 is 0. The zero-order valence-electron chi connectivity index (χ0n) is 15.6. The largest absolute Gasteiger partial charge is 0.376 e. The van der Waals surface area contributed by atoms with E-state index in [4.69, 9.17) is 9.47 Å². The first-order valence-corrected chi connectivity index (χ1v) is 9.72. The van der Waals surface area contributed by atoms with Crippen LogP contribution in [0.5, 0.6) is 0 Å². The molecular weight excluding hydrogens is 314 g/mol. The molecule has 0 aliphatic carbocycles. The van der Waals surface area contributed by atoms with Crippen LogP contribution in [-0.4, -0.2) is 48.8 Å². The van der Waals surface area contributed by atoms with Crippen LogP contribution in [0.3, 0.4) is 0 Å². The molecule has 1 aromatic rings. The lowest BCUT2D eigenvalue weighted by Crippen LogP contribution is -2.43. The van der Waals surface area contributed by atoms with E-state index < -0.39 is 0 Å². The molecule has 2 saturated heterocycles. The van der Waals surface area contributed by atoms with Gasteiger partial charge in [-0.15, -0.1) is 0 Å². The van der Waals surface area contributed by atoms with Gasteiger partial charge in [-0.3, -0.25) is 4.79 Å². The molecule has 4 nitrogen and oxygen atoms in total. The number of hydrogen-bond acceptors (Lipinski definition) is 3. The van der Waals surface area contributed by atoms with Gasteiger partial charge in [0.2, 0.25) is 0 Å². The van der Waals surface area contributed by atoms with Crippen LogP contribution in [0.4, 0.5) is 0 Å². The van der Waals surface area contributed by atoms with E-state index >= 15 is 0 Å². The number of rotatable bonds is 6. The van der Waals surface area contributed by atoms with Crippen molar-refractivity contribution in [3.63, 3.8) is 0 Å². The van der Waals surface area contributed by atoms with Gasteiger partial charge in [0, 0.05) is 19.2 Å². The van der Waals surface area contributed by atoms with E-state index in [0.717, 1.165) is 45.3 Å². The second-order valence-electron chi connectivity index (χ2n) is 7.48. The minimum absolute atomic E-state index is 0.130. The highest BCUT2D eigenvalue weighted by Crippen LogP contribution is 2.23. The third-order valence-electron chi connectivity index (χ3n) is 5.41. The normalized spacial score (nSPS) is 25.1. The molecule has 4 heteroatoms. The van der Waals surface area contributed by atoms with Crippen LogP contribution in [0, 0.1) is 6.92 Å². The maximum Gasteiger partial charge on any atom is 0.251 e. The number of benzene rings is 1. The molecule has 25 heavy (non-hydrogen) atoms. The number of ether oxygens (including phenoxy) is 2. The van der Waals surface area contributed by atoms with Crippen LogP contribution < -0.4 is 0 Å². The SMILES string of the molecule is Cc1ccc(CC2CCCN2C(=O)C(C)OCC2CCCCO2)cc1. The summed E-state index contributed by atoms with van der Waals surface area (Å²) in [5.41, 5.74) is 2.58. The van der Waals surface area contributed by atoms with Crippen LogP contribution in [0.15, 0.2) is 24.3 Å². The van der Waals surface area contributed by atoms with Gasteiger partial charge < -0.3 is 14.4 Å². The van der Waals surface area contributed by atoms with Gasteiger partial charge in [-0.25, -0.2) is 0 Å². The molecule has 2 aliphatic rings. The fraction of sp³-hybridized carbons (Fsp3) is 0.667. The van der Waals surface area contributed by atoms with Gasteiger partial charge in [0.15, 0.2) is 0 Å². The van der Waals surface area contributed by atoms with E-state index in [-0.39, 0.29) is 18.1 Å². The lowest BCUT2D eigenvalue weighted by Gasteiger charge is -2.29. The molecule has 3 unspecified atom stereocenters. The molecule has 2 fully saturated rings. The summed E-state index contributed by atoms with van der Waals surface area (Å²) in [6, 6.07) is 8.94. The number of hydrogen-bond donors (Lipinski definition) is 0. The third-order valence-corrected chi connectivity index (χ3v) is 5.41. The van der Waals surface area contributed by atoms with Gasteiger partial charge in [-0.05, 0) is 57.9 Å². The molecule has 2 aliphatic heterocycles. The van der Waals surface area contributed by atoms with E-state index in [1.807, 2.05) is 11.8 Å². The van der Waals surface area contributed by atoms with Gasteiger partial charge in [0.05, 0.1) is 12.7 Å². The number of amides is 1. The standard InChI is InChI=1S/C21H31NO3/c1-16-8-10-18(11-9-16)14-19-6-5-12-22(19)21(23)17(2)25-15-20-7-3-4-13-24-20/h8-11,17,19-20H,3-7,12-15H2,1-2H3. The minimum Gasteiger partial charge on any atom is -0.376 e. The second-order valence-corrected chi connectivity index (χ2v) is 7.48. The van der Waals surface area contributed by atoms with E-state index in [1.165, 1.54) is 17.5 Å². The molecule has 0 radical (unpaired) electrons. The highest BCUT2D eigenvalue weighted by molar-refractivity contribution is 5.81. The predicted molar refractivity (Wildman–Crippen MR) is 98.6 cm³/mol. The summed E-state index contributed by atoms with van der Waals surface area (Å²) < 4.78 is 11.5. The van der Waals surface area contributed by atoms with Crippen molar-refractivity contribution in [2.45, 2.75) is 70.6 Å². The number of likely N-dealkylation sites (tertiary alicyclic amines) is 1. The van der Waals surface area contributed by atoms with E-state index in [2.05, 4.69) is 31.2 Å². The Morgan fingerprint density at radius 1 is 1.24 bits per heavy atom. The first-order valence-electron chi connectivity index (χ1n) is 9.72. The second kappa shape index (κ2) is 8.81. The molecule has 3 atom stereocenters. The van der Waals surface area contributed by atoms with Crippen molar-refractivity contribution >= 4 is 5.91 Å². The Morgan fingerprint density at radius 2 is 2.04 bits per heavy atom. The molecule has 138 valence electrons. The van der Waals surface area contributed by atoms with Crippen molar-refractivity contribution in [1.82, 2.24) is 4.90 Å². The van der Waals surface area contributed by atoms with Crippen molar-refractivity contribution < 1.29 is 14.3 Å². The molecule has 0 N–H and O–H groups in total. The quantitative estimate of drug-likeness (QED) is 0.792. The van der Waals surface area contributed by atoms with Crippen molar-refractivity contribution in [2.24, 2.45) is 0 Å². The van der Waals surface area contributed by atoms with Crippen molar-refractivity contribution in [3.05, 3.63) is 35.4 Å². The lowest BCUT2D eigenvalue weighted by molar-refractivity contribution is -0.147. The maximum absolute atomic E-state index is 12.8. The molecule has 0 aromatic heterocycles. The molecule has 2 heterocycles. The summed E-state index contributed by atoms with van der Waals surface area (Å²) in [4.78, 5) is 14.9. The van der Waals surface area contributed by atoms with Crippen molar-refractivity contribution in [3.8, 4) is 0 Å². The van der Waals surface area contributed by atoms with E-state index in [1.54, 1.807) is 0 Å². The fourth-order valence-corrected chi connectivity index (χ4v) is 3.83. The molecule has 0 bridgehead atoms.